The van der Waals surface area contributed by atoms with Gasteiger partial charge in [-0.3, -0.25) is 14.4 Å². The molecule has 0 radical (unpaired) electrons. The normalized spacial score (nSPS) is 16.4. The molecule has 146 valence electrons. The number of hydrogen-bond donors (Lipinski definition) is 2. The number of hydrogen-bond acceptors (Lipinski definition) is 3. The molecule has 1 unspecified atom stereocenters. The first-order chi connectivity index (χ1) is 12.7. The summed E-state index contributed by atoms with van der Waals surface area (Å²) >= 11 is 14.4. The number of nitrogens with zero attached hydrogens (tertiary/aromatic N) is 1. The number of carboxylic acid groups (broad SMARTS) is 1. The highest BCUT2D eigenvalue weighted by Gasteiger charge is 2.28. The van der Waals surface area contributed by atoms with Gasteiger partial charge in [0.1, 0.15) is 6.04 Å². The summed E-state index contributed by atoms with van der Waals surface area (Å²) in [6.45, 7) is 2.29. The van der Waals surface area contributed by atoms with E-state index in [2.05, 4.69) is 27.9 Å². The van der Waals surface area contributed by atoms with Crippen LogP contribution in [0.25, 0.3) is 6.08 Å². The third kappa shape index (κ3) is 5.83. The predicted molar refractivity (Wildman–Crippen MR) is 113 cm³/mol. The van der Waals surface area contributed by atoms with Crippen molar-refractivity contribution in [3.8, 4) is 0 Å². The van der Waals surface area contributed by atoms with Gasteiger partial charge < -0.3 is 15.3 Å². The second-order valence-electron chi connectivity index (χ2n) is 6.27. The minimum absolute atomic E-state index is 0.168. The summed E-state index contributed by atoms with van der Waals surface area (Å²) in [5.41, 5.74) is 0.660. The Kier molecular flexibility index (Phi) is 7.93. The molecule has 0 saturated carbocycles. The Morgan fingerprint density at radius 1 is 1.26 bits per heavy atom. The Bertz CT molecular complexity index is 777. The minimum atomic E-state index is -1.07. The molecule has 1 aliphatic rings. The molecular formula is C18H19Cl2IN2O4. The largest absolute Gasteiger partial charge is 0.480 e. The first-order valence-electron chi connectivity index (χ1n) is 8.34. The van der Waals surface area contributed by atoms with E-state index >= 15 is 0 Å². The second-order valence-corrected chi connectivity index (χ2v) is 8.18. The Morgan fingerprint density at radius 2 is 1.89 bits per heavy atom. The number of halogens is 3. The third-order valence-electron chi connectivity index (χ3n) is 4.38. The molecule has 1 atom stereocenters. The molecule has 2 rings (SSSR count). The summed E-state index contributed by atoms with van der Waals surface area (Å²) in [7, 11) is 0. The van der Waals surface area contributed by atoms with Crippen molar-refractivity contribution in [1.82, 2.24) is 10.2 Å². The lowest BCUT2D eigenvalue weighted by Crippen LogP contribution is -2.46. The molecule has 1 heterocycles. The molecule has 1 aromatic carbocycles. The van der Waals surface area contributed by atoms with Gasteiger partial charge in [-0.2, -0.15) is 0 Å². The smallest absolute Gasteiger partial charge is 0.325 e. The molecule has 0 bridgehead atoms. The molecule has 27 heavy (non-hydrogen) atoms. The fourth-order valence-corrected chi connectivity index (χ4v) is 3.70. The van der Waals surface area contributed by atoms with Crippen molar-refractivity contribution >= 4 is 69.7 Å². The highest BCUT2D eigenvalue weighted by Crippen LogP contribution is 2.31. The lowest BCUT2D eigenvalue weighted by molar-refractivity contribution is -0.142. The lowest BCUT2D eigenvalue weighted by Gasteiger charge is -2.31. The summed E-state index contributed by atoms with van der Waals surface area (Å²) in [6, 6.07) is 2.69. The van der Waals surface area contributed by atoms with Crippen LogP contribution in [0, 0.1) is 9.49 Å². The van der Waals surface area contributed by atoms with E-state index in [1.807, 2.05) is 6.07 Å². The topological polar surface area (TPSA) is 86.7 Å². The van der Waals surface area contributed by atoms with Gasteiger partial charge in [-0.1, -0.05) is 29.3 Å². The van der Waals surface area contributed by atoms with Gasteiger partial charge in [0, 0.05) is 28.7 Å². The zero-order valence-electron chi connectivity index (χ0n) is 14.5. The van der Waals surface area contributed by atoms with Crippen molar-refractivity contribution in [1.29, 1.82) is 0 Å². The maximum Gasteiger partial charge on any atom is 0.325 e. The number of nitrogens with one attached hydrogen (secondary N) is 1. The maximum atomic E-state index is 12.4. The molecule has 1 saturated heterocycles. The van der Waals surface area contributed by atoms with Crippen LogP contribution in [0.3, 0.4) is 0 Å². The van der Waals surface area contributed by atoms with Crippen LogP contribution in [0.4, 0.5) is 0 Å². The van der Waals surface area contributed by atoms with Crippen LogP contribution < -0.4 is 5.32 Å². The van der Waals surface area contributed by atoms with Gasteiger partial charge in [0.05, 0.1) is 10.0 Å². The molecular weight excluding hydrogens is 506 g/mol. The number of carboxylic acids is 1. The van der Waals surface area contributed by atoms with Gasteiger partial charge in [-0.05, 0) is 60.1 Å². The van der Waals surface area contributed by atoms with Crippen LogP contribution in [0.2, 0.25) is 10.0 Å². The maximum absolute atomic E-state index is 12.4. The van der Waals surface area contributed by atoms with Crippen LogP contribution in [0.1, 0.15) is 25.3 Å². The van der Waals surface area contributed by atoms with Crippen LogP contribution >= 0.6 is 45.8 Å². The quantitative estimate of drug-likeness (QED) is 0.351. The van der Waals surface area contributed by atoms with E-state index < -0.39 is 12.0 Å². The summed E-state index contributed by atoms with van der Waals surface area (Å²) in [5, 5.41) is 12.2. The number of carbonyl (C=O) groups is 3. The van der Waals surface area contributed by atoms with Gasteiger partial charge in [-0.15, -0.1) is 0 Å². The van der Waals surface area contributed by atoms with Gasteiger partial charge in [0.15, 0.2) is 0 Å². The number of carbonyl (C=O) groups excluding carboxylic acids is 2. The van der Waals surface area contributed by atoms with Gasteiger partial charge in [0.25, 0.3) is 0 Å². The zero-order valence-corrected chi connectivity index (χ0v) is 18.2. The van der Waals surface area contributed by atoms with E-state index in [0.717, 1.165) is 3.57 Å². The fourth-order valence-electron chi connectivity index (χ4n) is 2.69. The first kappa shape index (κ1) is 22.0. The van der Waals surface area contributed by atoms with Crippen LogP contribution in [0.15, 0.2) is 18.2 Å². The van der Waals surface area contributed by atoms with E-state index in [4.69, 9.17) is 28.3 Å². The average molecular weight is 525 g/mol. The van der Waals surface area contributed by atoms with Crippen molar-refractivity contribution in [2.24, 2.45) is 5.92 Å². The molecule has 0 aromatic heterocycles. The van der Waals surface area contributed by atoms with E-state index in [9.17, 15) is 14.4 Å². The molecule has 0 spiro atoms. The van der Waals surface area contributed by atoms with E-state index in [-0.39, 0.29) is 17.7 Å². The summed E-state index contributed by atoms with van der Waals surface area (Å²) in [6.07, 6.45) is 4.05. The monoisotopic (exact) mass is 524 g/mol. The number of piperidine rings is 1. The number of likely N-dealkylation sites (tertiary alicyclic amines) is 1. The van der Waals surface area contributed by atoms with Crippen LogP contribution in [-0.4, -0.2) is 46.9 Å². The van der Waals surface area contributed by atoms with Crippen LogP contribution in [0.5, 0.6) is 0 Å². The van der Waals surface area contributed by atoms with Gasteiger partial charge in [0.2, 0.25) is 11.8 Å². The average Bonchev–Trinajstić information content (AvgIpc) is 2.65. The molecule has 0 aliphatic carbocycles. The highest BCUT2D eigenvalue weighted by molar-refractivity contribution is 14.1. The Labute approximate surface area is 181 Å². The molecule has 1 aliphatic heterocycles. The van der Waals surface area contributed by atoms with Crippen molar-refractivity contribution in [3.05, 3.63) is 37.4 Å². The van der Waals surface area contributed by atoms with Crippen LogP contribution in [-0.2, 0) is 14.4 Å². The van der Waals surface area contributed by atoms with E-state index in [1.165, 1.54) is 13.0 Å². The molecule has 1 aromatic rings. The van der Waals surface area contributed by atoms with E-state index in [1.54, 1.807) is 17.0 Å². The lowest BCUT2D eigenvalue weighted by atomic mass is 9.95. The first-order valence-corrected chi connectivity index (χ1v) is 10.2. The molecule has 9 heteroatoms. The molecule has 1 fully saturated rings. The van der Waals surface area contributed by atoms with Crippen molar-refractivity contribution in [2.75, 3.05) is 13.1 Å². The number of amides is 2. The second kappa shape index (κ2) is 9.75. The van der Waals surface area contributed by atoms with Crippen molar-refractivity contribution in [2.45, 2.75) is 25.8 Å². The standard InChI is InChI=1S/C18H19Cl2IN2O4/c1-10(18(26)27)22-17(25)12-6-8-23(9-7-12)14(24)5-3-11-2-4-13(21)16(20)15(11)19/h2-5,10,12H,6-9H2,1H3,(H,22,25)(H,26,27). The van der Waals surface area contributed by atoms with E-state index in [0.29, 0.717) is 41.5 Å². The Morgan fingerprint density at radius 3 is 2.48 bits per heavy atom. The van der Waals surface area contributed by atoms with Crippen molar-refractivity contribution < 1.29 is 19.5 Å². The molecule has 2 amide bonds. The number of benzene rings is 1. The minimum Gasteiger partial charge on any atom is -0.480 e. The summed E-state index contributed by atoms with van der Waals surface area (Å²) < 4.78 is 0.834. The zero-order chi connectivity index (χ0) is 20.1. The fraction of sp³-hybridized carbons (Fsp3) is 0.389. The summed E-state index contributed by atoms with van der Waals surface area (Å²) in [4.78, 5) is 36.9. The third-order valence-corrected chi connectivity index (χ3v) is 6.49. The number of rotatable bonds is 5. The Hall–Kier alpha value is -1.32. The number of aliphatic carboxylic acids is 1. The molecule has 6 nitrogen and oxygen atoms in total. The SMILES string of the molecule is CC(NC(=O)C1CCN(C(=O)C=Cc2ccc(I)c(Cl)c2Cl)CC1)C(=O)O. The van der Waals surface area contributed by atoms with Crippen molar-refractivity contribution in [3.63, 3.8) is 0 Å². The van der Waals surface area contributed by atoms with Gasteiger partial charge >= 0.3 is 5.97 Å². The summed E-state index contributed by atoms with van der Waals surface area (Å²) in [5.74, 6) is -1.81. The molecule has 2 N–H and O–H groups in total. The highest BCUT2D eigenvalue weighted by atomic mass is 127. The predicted octanol–water partition coefficient (Wildman–Crippen LogP) is 3.44. The van der Waals surface area contributed by atoms with Gasteiger partial charge in [-0.25, -0.2) is 0 Å². The Balaban J connectivity index is 1.90.